The number of benzene rings is 2. The molecule has 1 atom stereocenters. The molecule has 0 saturated carbocycles. The Kier molecular flexibility index (Phi) is 6.29. The third kappa shape index (κ3) is 4.57. The monoisotopic (exact) mass is 372 g/mol. The average molecular weight is 372 g/mol. The van der Waals surface area contributed by atoms with E-state index in [9.17, 15) is 9.18 Å². The van der Waals surface area contributed by atoms with E-state index in [1.165, 1.54) is 6.07 Å². The Labute approximate surface area is 159 Å². The summed E-state index contributed by atoms with van der Waals surface area (Å²) in [6.07, 6.45) is 1.98. The van der Waals surface area contributed by atoms with E-state index >= 15 is 0 Å². The Morgan fingerprint density at radius 3 is 2.78 bits per heavy atom. The van der Waals surface area contributed by atoms with E-state index in [0.717, 1.165) is 36.4 Å². The largest absolute Gasteiger partial charge is 0.497 e. The molecule has 0 aromatic heterocycles. The predicted molar refractivity (Wildman–Crippen MR) is 101 cm³/mol. The van der Waals surface area contributed by atoms with Crippen LogP contribution in [0.4, 0.5) is 4.39 Å². The van der Waals surface area contributed by atoms with E-state index in [2.05, 4.69) is 10.2 Å². The van der Waals surface area contributed by atoms with E-state index in [4.69, 9.17) is 9.47 Å². The minimum atomic E-state index is -0.306. The summed E-state index contributed by atoms with van der Waals surface area (Å²) in [5.74, 6) is 1.08. The highest BCUT2D eigenvalue weighted by Crippen LogP contribution is 2.38. The number of amides is 1. The van der Waals surface area contributed by atoms with Crippen LogP contribution in [-0.2, 0) is 11.3 Å². The number of carbonyl (C=O) groups excluding carboxylic acids is 1. The molecule has 1 N–H and O–H groups in total. The Morgan fingerprint density at radius 1 is 1.22 bits per heavy atom. The second-order valence-corrected chi connectivity index (χ2v) is 6.60. The maximum atomic E-state index is 13.7. The van der Waals surface area contributed by atoms with Gasteiger partial charge in [0, 0.05) is 29.8 Å². The Hall–Kier alpha value is -2.60. The van der Waals surface area contributed by atoms with Crippen LogP contribution in [0.1, 0.15) is 30.0 Å². The van der Waals surface area contributed by atoms with E-state index in [1.54, 1.807) is 32.4 Å². The fourth-order valence-electron chi connectivity index (χ4n) is 3.54. The number of nitrogens with one attached hydrogen (secondary N) is 1. The van der Waals surface area contributed by atoms with Crippen LogP contribution >= 0.6 is 0 Å². The number of likely N-dealkylation sites (tertiary alicyclic amines) is 1. The van der Waals surface area contributed by atoms with Crippen molar-refractivity contribution in [1.82, 2.24) is 10.2 Å². The fraction of sp³-hybridized carbons (Fsp3) is 0.381. The molecular weight excluding hydrogens is 347 g/mol. The van der Waals surface area contributed by atoms with Gasteiger partial charge in [-0.2, -0.15) is 0 Å². The van der Waals surface area contributed by atoms with Gasteiger partial charge in [-0.25, -0.2) is 4.39 Å². The van der Waals surface area contributed by atoms with Crippen molar-refractivity contribution in [3.63, 3.8) is 0 Å². The number of rotatable bonds is 7. The van der Waals surface area contributed by atoms with Gasteiger partial charge < -0.3 is 14.8 Å². The third-order valence-electron chi connectivity index (χ3n) is 4.94. The van der Waals surface area contributed by atoms with Gasteiger partial charge in [0.25, 0.3) is 0 Å². The topological polar surface area (TPSA) is 50.8 Å². The number of halogens is 1. The molecule has 1 amide bonds. The van der Waals surface area contributed by atoms with Crippen molar-refractivity contribution < 1.29 is 18.7 Å². The number of carbonyl (C=O) groups is 1. The van der Waals surface area contributed by atoms with Crippen LogP contribution in [0.2, 0.25) is 0 Å². The zero-order valence-corrected chi connectivity index (χ0v) is 15.7. The molecule has 1 saturated heterocycles. The van der Waals surface area contributed by atoms with Crippen molar-refractivity contribution >= 4 is 5.91 Å². The van der Waals surface area contributed by atoms with Gasteiger partial charge in [-0.1, -0.05) is 24.3 Å². The SMILES string of the molecule is COc1ccc([C@H]2CCCN2CC(=O)NCc2ccccc2F)c(OC)c1. The van der Waals surface area contributed by atoms with Crippen molar-refractivity contribution in [2.45, 2.75) is 25.4 Å². The second kappa shape index (κ2) is 8.86. The summed E-state index contributed by atoms with van der Waals surface area (Å²) in [5, 5.41) is 2.81. The molecule has 0 radical (unpaired) electrons. The molecule has 0 aliphatic carbocycles. The van der Waals surface area contributed by atoms with Gasteiger partial charge in [-0.05, 0) is 31.5 Å². The van der Waals surface area contributed by atoms with Crippen molar-refractivity contribution in [2.75, 3.05) is 27.3 Å². The Morgan fingerprint density at radius 2 is 2.04 bits per heavy atom. The zero-order valence-electron chi connectivity index (χ0n) is 15.7. The van der Waals surface area contributed by atoms with Crippen molar-refractivity contribution in [3.05, 3.63) is 59.4 Å². The molecular formula is C21H25FN2O3. The van der Waals surface area contributed by atoms with Crippen LogP contribution in [-0.4, -0.2) is 38.1 Å². The molecule has 6 heteroatoms. The molecule has 1 fully saturated rings. The van der Waals surface area contributed by atoms with Crippen LogP contribution in [0.25, 0.3) is 0 Å². The lowest BCUT2D eigenvalue weighted by atomic mass is 10.0. The highest BCUT2D eigenvalue weighted by Gasteiger charge is 2.29. The van der Waals surface area contributed by atoms with E-state index in [1.807, 2.05) is 18.2 Å². The van der Waals surface area contributed by atoms with Gasteiger partial charge in [0.2, 0.25) is 5.91 Å². The van der Waals surface area contributed by atoms with Crippen LogP contribution < -0.4 is 14.8 Å². The molecule has 0 unspecified atom stereocenters. The minimum absolute atomic E-state index is 0.113. The van der Waals surface area contributed by atoms with Crippen molar-refractivity contribution in [2.24, 2.45) is 0 Å². The second-order valence-electron chi connectivity index (χ2n) is 6.60. The van der Waals surface area contributed by atoms with Crippen LogP contribution in [0, 0.1) is 5.82 Å². The molecule has 1 heterocycles. The highest BCUT2D eigenvalue weighted by atomic mass is 19.1. The van der Waals surface area contributed by atoms with Crippen molar-refractivity contribution in [1.29, 1.82) is 0 Å². The molecule has 2 aromatic rings. The van der Waals surface area contributed by atoms with E-state index in [-0.39, 0.29) is 30.9 Å². The first kappa shape index (κ1) is 19.2. The van der Waals surface area contributed by atoms with Crippen LogP contribution in [0.15, 0.2) is 42.5 Å². The van der Waals surface area contributed by atoms with Crippen LogP contribution in [0.3, 0.4) is 0 Å². The van der Waals surface area contributed by atoms with Crippen LogP contribution in [0.5, 0.6) is 11.5 Å². The molecule has 144 valence electrons. The predicted octanol–water partition coefficient (Wildman–Crippen LogP) is 3.30. The summed E-state index contributed by atoms with van der Waals surface area (Å²) in [5.41, 5.74) is 1.54. The fourth-order valence-corrected chi connectivity index (χ4v) is 3.54. The van der Waals surface area contributed by atoms with Gasteiger partial charge in [0.1, 0.15) is 17.3 Å². The first-order valence-corrected chi connectivity index (χ1v) is 9.08. The summed E-state index contributed by atoms with van der Waals surface area (Å²) >= 11 is 0. The Bertz CT molecular complexity index is 797. The molecule has 0 bridgehead atoms. The summed E-state index contributed by atoms with van der Waals surface area (Å²) in [6, 6.07) is 12.4. The third-order valence-corrected chi connectivity index (χ3v) is 4.94. The summed E-state index contributed by atoms with van der Waals surface area (Å²) in [6.45, 7) is 1.30. The zero-order chi connectivity index (χ0) is 19.2. The lowest BCUT2D eigenvalue weighted by Gasteiger charge is -2.26. The van der Waals surface area contributed by atoms with E-state index in [0.29, 0.717) is 5.56 Å². The Balaban J connectivity index is 1.64. The van der Waals surface area contributed by atoms with Gasteiger partial charge >= 0.3 is 0 Å². The number of nitrogens with zero attached hydrogens (tertiary/aromatic N) is 1. The summed E-state index contributed by atoms with van der Waals surface area (Å²) < 4.78 is 24.5. The number of methoxy groups -OCH3 is 2. The number of ether oxygens (including phenoxy) is 2. The first-order chi connectivity index (χ1) is 13.1. The smallest absolute Gasteiger partial charge is 0.234 e. The molecule has 1 aliphatic heterocycles. The quantitative estimate of drug-likeness (QED) is 0.810. The maximum Gasteiger partial charge on any atom is 0.234 e. The average Bonchev–Trinajstić information content (AvgIpc) is 3.14. The molecule has 5 nitrogen and oxygen atoms in total. The molecule has 0 spiro atoms. The van der Waals surface area contributed by atoms with Crippen molar-refractivity contribution in [3.8, 4) is 11.5 Å². The highest BCUT2D eigenvalue weighted by molar-refractivity contribution is 5.78. The molecule has 1 aliphatic rings. The molecule has 27 heavy (non-hydrogen) atoms. The molecule has 2 aromatic carbocycles. The normalized spacial score (nSPS) is 16.9. The molecule has 3 rings (SSSR count). The number of hydrogen-bond donors (Lipinski definition) is 1. The number of hydrogen-bond acceptors (Lipinski definition) is 4. The maximum absolute atomic E-state index is 13.7. The van der Waals surface area contributed by atoms with E-state index < -0.39 is 0 Å². The van der Waals surface area contributed by atoms with Gasteiger partial charge in [-0.15, -0.1) is 0 Å². The van der Waals surface area contributed by atoms with Gasteiger partial charge in [0.05, 0.1) is 20.8 Å². The minimum Gasteiger partial charge on any atom is -0.497 e. The lowest BCUT2D eigenvalue weighted by Crippen LogP contribution is -2.36. The van der Waals surface area contributed by atoms with Gasteiger partial charge in [-0.3, -0.25) is 9.69 Å². The lowest BCUT2D eigenvalue weighted by molar-refractivity contribution is -0.122. The standard InChI is InChI=1S/C21H25FN2O3/c1-26-16-9-10-17(20(12-16)27-2)19-8-5-11-24(19)14-21(25)23-13-15-6-3-4-7-18(15)22/h3-4,6-7,9-10,12,19H,5,8,11,13-14H2,1-2H3,(H,23,25)/t19-/m1/s1. The summed E-state index contributed by atoms with van der Waals surface area (Å²) in [7, 11) is 3.26. The van der Waals surface area contributed by atoms with Gasteiger partial charge in [0.15, 0.2) is 0 Å². The first-order valence-electron chi connectivity index (χ1n) is 9.08. The summed E-state index contributed by atoms with van der Waals surface area (Å²) in [4.78, 5) is 14.5.